The van der Waals surface area contributed by atoms with Gasteiger partial charge in [-0.1, -0.05) is 47.5 Å². The van der Waals surface area contributed by atoms with Crippen LogP contribution in [0.4, 0.5) is 0 Å². The summed E-state index contributed by atoms with van der Waals surface area (Å²) >= 11 is 12.4. The highest BCUT2D eigenvalue weighted by molar-refractivity contribution is 6.35. The van der Waals surface area contributed by atoms with E-state index in [4.69, 9.17) is 27.6 Å². The average Bonchev–Trinajstić information content (AvgIpc) is 3.26. The summed E-state index contributed by atoms with van der Waals surface area (Å²) in [6, 6.07) is 17.9. The molecule has 2 aromatic carbocycles. The second-order valence-electron chi connectivity index (χ2n) is 6.22. The molecule has 0 aliphatic carbocycles. The number of para-hydroxylation sites is 1. The van der Waals surface area contributed by atoms with E-state index >= 15 is 0 Å². The molecule has 1 N–H and O–H groups in total. The van der Waals surface area contributed by atoms with Gasteiger partial charge < -0.3 is 14.3 Å². The van der Waals surface area contributed by atoms with Crippen molar-refractivity contribution in [2.45, 2.75) is 19.6 Å². The Kier molecular flexibility index (Phi) is 5.02. The third-order valence-electron chi connectivity index (χ3n) is 4.42. The molecule has 4 rings (SSSR count). The quantitative estimate of drug-likeness (QED) is 0.449. The number of benzene rings is 2. The molecule has 0 spiro atoms. The number of halogens is 2. The molecule has 132 valence electrons. The van der Waals surface area contributed by atoms with E-state index in [-0.39, 0.29) is 0 Å². The molecule has 0 saturated carbocycles. The largest absolute Gasteiger partial charge is 0.468 e. The standard InChI is InChI=1S/C21H18Cl2N2O/c22-17-8-7-15(20(23)10-17)13-25-14-16(19-5-1-2-6-21(19)25)11-24-12-18-4-3-9-26-18/h1-10,14,24H,11-13H2. The monoisotopic (exact) mass is 384 g/mol. The lowest BCUT2D eigenvalue weighted by Gasteiger charge is -2.08. The van der Waals surface area contributed by atoms with Crippen LogP contribution in [-0.4, -0.2) is 4.57 Å². The molecule has 0 radical (unpaired) electrons. The van der Waals surface area contributed by atoms with Crippen LogP contribution < -0.4 is 5.32 Å². The van der Waals surface area contributed by atoms with Crippen molar-refractivity contribution >= 4 is 34.1 Å². The van der Waals surface area contributed by atoms with Gasteiger partial charge >= 0.3 is 0 Å². The lowest BCUT2D eigenvalue weighted by Crippen LogP contribution is -2.11. The highest BCUT2D eigenvalue weighted by Crippen LogP contribution is 2.26. The van der Waals surface area contributed by atoms with Crippen LogP contribution in [0.25, 0.3) is 10.9 Å². The van der Waals surface area contributed by atoms with Crippen molar-refractivity contribution in [1.29, 1.82) is 0 Å². The van der Waals surface area contributed by atoms with Crippen LogP contribution in [0.3, 0.4) is 0 Å². The maximum Gasteiger partial charge on any atom is 0.117 e. The highest BCUT2D eigenvalue weighted by Gasteiger charge is 2.10. The fraction of sp³-hybridized carbons (Fsp3) is 0.143. The number of aromatic nitrogens is 1. The van der Waals surface area contributed by atoms with Gasteiger partial charge in [0, 0.05) is 40.2 Å². The molecule has 3 nitrogen and oxygen atoms in total. The van der Waals surface area contributed by atoms with Crippen molar-refractivity contribution in [2.24, 2.45) is 0 Å². The summed E-state index contributed by atoms with van der Waals surface area (Å²) in [6.07, 6.45) is 3.88. The Labute approximate surface area is 162 Å². The smallest absolute Gasteiger partial charge is 0.117 e. The zero-order chi connectivity index (χ0) is 17.9. The van der Waals surface area contributed by atoms with Crippen LogP contribution in [0.2, 0.25) is 10.0 Å². The summed E-state index contributed by atoms with van der Waals surface area (Å²) in [7, 11) is 0. The predicted octanol–water partition coefficient (Wildman–Crippen LogP) is 5.88. The molecule has 2 heterocycles. The average molecular weight is 385 g/mol. The number of nitrogens with zero attached hydrogens (tertiary/aromatic N) is 1. The van der Waals surface area contributed by atoms with Crippen LogP contribution in [0.5, 0.6) is 0 Å². The lowest BCUT2D eigenvalue weighted by atomic mass is 10.2. The van der Waals surface area contributed by atoms with E-state index < -0.39 is 0 Å². The van der Waals surface area contributed by atoms with E-state index in [1.165, 1.54) is 16.5 Å². The van der Waals surface area contributed by atoms with Gasteiger partial charge in [0.2, 0.25) is 0 Å². The first-order valence-electron chi connectivity index (χ1n) is 8.44. The minimum Gasteiger partial charge on any atom is -0.468 e. The highest BCUT2D eigenvalue weighted by atomic mass is 35.5. The van der Waals surface area contributed by atoms with Gasteiger partial charge in [0.1, 0.15) is 5.76 Å². The normalized spacial score (nSPS) is 11.3. The van der Waals surface area contributed by atoms with Crippen molar-refractivity contribution < 1.29 is 4.42 Å². The number of hydrogen-bond donors (Lipinski definition) is 1. The summed E-state index contributed by atoms with van der Waals surface area (Å²) in [4.78, 5) is 0. The number of fused-ring (bicyclic) bond motifs is 1. The number of furan rings is 1. The van der Waals surface area contributed by atoms with Crippen molar-refractivity contribution in [1.82, 2.24) is 9.88 Å². The number of hydrogen-bond acceptors (Lipinski definition) is 2. The first-order valence-corrected chi connectivity index (χ1v) is 9.20. The van der Waals surface area contributed by atoms with E-state index in [2.05, 4.69) is 40.3 Å². The molecule has 0 bridgehead atoms. The minimum atomic E-state index is 0.652. The third kappa shape index (κ3) is 3.65. The van der Waals surface area contributed by atoms with Crippen LogP contribution >= 0.6 is 23.2 Å². The van der Waals surface area contributed by atoms with Crippen molar-refractivity contribution in [2.75, 3.05) is 0 Å². The van der Waals surface area contributed by atoms with Gasteiger partial charge in [0.05, 0.1) is 12.8 Å². The third-order valence-corrected chi connectivity index (χ3v) is 5.01. The van der Waals surface area contributed by atoms with Crippen molar-refractivity contribution in [3.8, 4) is 0 Å². The van der Waals surface area contributed by atoms with E-state index in [1.54, 1.807) is 12.3 Å². The van der Waals surface area contributed by atoms with Crippen LogP contribution in [-0.2, 0) is 19.6 Å². The van der Waals surface area contributed by atoms with Gasteiger partial charge in [-0.25, -0.2) is 0 Å². The Morgan fingerprint density at radius 2 is 1.81 bits per heavy atom. The summed E-state index contributed by atoms with van der Waals surface area (Å²) in [5.41, 5.74) is 3.48. The molecule has 0 unspecified atom stereocenters. The molecule has 2 aromatic heterocycles. The van der Waals surface area contributed by atoms with Gasteiger partial charge in [-0.05, 0) is 41.5 Å². The summed E-state index contributed by atoms with van der Waals surface area (Å²) in [5, 5.41) is 6.02. The van der Waals surface area contributed by atoms with E-state index in [1.807, 2.05) is 24.3 Å². The summed E-state index contributed by atoms with van der Waals surface area (Å²) in [6.45, 7) is 2.17. The Morgan fingerprint density at radius 3 is 2.62 bits per heavy atom. The number of nitrogens with one attached hydrogen (secondary N) is 1. The topological polar surface area (TPSA) is 30.1 Å². The fourth-order valence-corrected chi connectivity index (χ4v) is 3.63. The Bertz CT molecular complexity index is 1020. The Morgan fingerprint density at radius 1 is 0.923 bits per heavy atom. The molecule has 0 amide bonds. The zero-order valence-electron chi connectivity index (χ0n) is 14.1. The van der Waals surface area contributed by atoms with Crippen LogP contribution in [0.15, 0.2) is 71.5 Å². The molecule has 0 saturated heterocycles. The van der Waals surface area contributed by atoms with Crippen LogP contribution in [0, 0.1) is 0 Å². The Hall–Kier alpha value is -2.20. The lowest BCUT2D eigenvalue weighted by molar-refractivity contribution is 0.483. The van der Waals surface area contributed by atoms with Crippen LogP contribution in [0.1, 0.15) is 16.9 Å². The van der Waals surface area contributed by atoms with E-state index in [0.717, 1.165) is 17.9 Å². The summed E-state index contributed by atoms with van der Waals surface area (Å²) < 4.78 is 7.60. The first-order chi connectivity index (χ1) is 12.7. The second kappa shape index (κ2) is 7.58. The van der Waals surface area contributed by atoms with Gasteiger partial charge in [0.15, 0.2) is 0 Å². The Balaban J connectivity index is 1.59. The SMILES string of the molecule is Clc1ccc(Cn2cc(CNCc3ccco3)c3ccccc32)c(Cl)c1. The molecule has 26 heavy (non-hydrogen) atoms. The molecule has 0 aliphatic rings. The predicted molar refractivity (Wildman–Crippen MR) is 107 cm³/mol. The van der Waals surface area contributed by atoms with E-state index in [0.29, 0.717) is 23.1 Å². The molecule has 4 aromatic rings. The molecule has 0 aliphatic heterocycles. The van der Waals surface area contributed by atoms with Gasteiger partial charge in [-0.2, -0.15) is 0 Å². The molecular weight excluding hydrogens is 367 g/mol. The van der Waals surface area contributed by atoms with Gasteiger partial charge in [0.25, 0.3) is 0 Å². The van der Waals surface area contributed by atoms with Crippen molar-refractivity contribution in [3.05, 3.63) is 94.0 Å². The molecule has 5 heteroatoms. The second-order valence-corrected chi connectivity index (χ2v) is 7.06. The van der Waals surface area contributed by atoms with Gasteiger partial charge in [-0.3, -0.25) is 0 Å². The first kappa shape index (κ1) is 17.2. The minimum absolute atomic E-state index is 0.652. The van der Waals surface area contributed by atoms with Crippen molar-refractivity contribution in [3.63, 3.8) is 0 Å². The summed E-state index contributed by atoms with van der Waals surface area (Å²) in [5.74, 6) is 0.932. The zero-order valence-corrected chi connectivity index (χ0v) is 15.6. The molecule has 0 fully saturated rings. The van der Waals surface area contributed by atoms with Gasteiger partial charge in [-0.15, -0.1) is 0 Å². The maximum atomic E-state index is 6.36. The maximum absolute atomic E-state index is 6.36. The fourth-order valence-electron chi connectivity index (χ4n) is 3.16. The van der Waals surface area contributed by atoms with E-state index in [9.17, 15) is 0 Å². The number of rotatable bonds is 6. The molecular formula is C21H18Cl2N2O. The molecule has 0 atom stereocenters.